The first-order chi connectivity index (χ1) is 9.69. The van der Waals surface area contributed by atoms with Gasteiger partial charge in [0.05, 0.1) is 22.3 Å². The second kappa shape index (κ2) is 5.51. The van der Waals surface area contributed by atoms with E-state index in [1.807, 2.05) is 19.1 Å². The molecule has 0 unspecified atom stereocenters. The molecule has 0 fully saturated rings. The Morgan fingerprint density at radius 1 is 1.25 bits per heavy atom. The van der Waals surface area contributed by atoms with Gasteiger partial charge in [-0.2, -0.15) is 0 Å². The van der Waals surface area contributed by atoms with Crippen LogP contribution < -0.4 is 10.1 Å². The number of fused-ring (bicyclic) bond motifs is 1. The minimum Gasteiger partial charge on any atom is -0.493 e. The zero-order valence-corrected chi connectivity index (χ0v) is 12.6. The Labute approximate surface area is 127 Å². The van der Waals surface area contributed by atoms with E-state index in [9.17, 15) is 0 Å². The van der Waals surface area contributed by atoms with Gasteiger partial charge in [-0.25, -0.2) is 4.98 Å². The predicted octanol–water partition coefficient (Wildman–Crippen LogP) is 4.42. The number of rotatable bonds is 3. The Morgan fingerprint density at radius 3 is 2.90 bits per heavy atom. The van der Waals surface area contributed by atoms with Crippen molar-refractivity contribution in [3.05, 3.63) is 39.9 Å². The largest absolute Gasteiger partial charge is 0.493 e. The number of anilines is 1. The van der Waals surface area contributed by atoms with Gasteiger partial charge in [0, 0.05) is 18.5 Å². The second-order valence-corrected chi connectivity index (χ2v) is 5.41. The molecule has 0 atom stereocenters. The van der Waals surface area contributed by atoms with Gasteiger partial charge < -0.3 is 10.1 Å². The molecule has 2 heterocycles. The molecule has 0 bridgehead atoms. The molecule has 3 nitrogen and oxygen atoms in total. The highest BCUT2D eigenvalue weighted by Crippen LogP contribution is 2.35. The zero-order chi connectivity index (χ0) is 14.1. The number of hydrogen-bond acceptors (Lipinski definition) is 3. The first-order valence-electron chi connectivity index (χ1n) is 6.55. The summed E-state index contributed by atoms with van der Waals surface area (Å²) >= 11 is 12.4. The fraction of sp³-hybridized carbons (Fsp3) is 0.267. The van der Waals surface area contributed by atoms with Crippen LogP contribution in [0.2, 0.25) is 10.0 Å². The lowest BCUT2D eigenvalue weighted by molar-refractivity contribution is 0.357. The number of hydrogen-bond donors (Lipinski definition) is 1. The summed E-state index contributed by atoms with van der Waals surface area (Å²) in [5, 5.41) is 4.22. The third-order valence-corrected chi connectivity index (χ3v) is 3.81. The number of pyridine rings is 1. The molecule has 0 radical (unpaired) electrons. The van der Waals surface area contributed by atoms with E-state index >= 15 is 0 Å². The van der Waals surface area contributed by atoms with Crippen molar-refractivity contribution in [3.63, 3.8) is 0 Å². The van der Waals surface area contributed by atoms with Crippen molar-refractivity contribution < 1.29 is 4.74 Å². The molecule has 0 amide bonds. The fourth-order valence-corrected chi connectivity index (χ4v) is 2.83. The van der Waals surface area contributed by atoms with E-state index in [4.69, 9.17) is 27.9 Å². The quantitative estimate of drug-likeness (QED) is 0.911. The second-order valence-electron chi connectivity index (χ2n) is 4.60. The number of benzene rings is 1. The number of ether oxygens (including phenoxy) is 1. The third kappa shape index (κ3) is 2.43. The van der Waals surface area contributed by atoms with Gasteiger partial charge in [0.25, 0.3) is 0 Å². The van der Waals surface area contributed by atoms with Crippen LogP contribution in [0.1, 0.15) is 12.5 Å². The smallest absolute Gasteiger partial charge is 0.145 e. The van der Waals surface area contributed by atoms with Crippen LogP contribution in [-0.2, 0) is 6.42 Å². The van der Waals surface area contributed by atoms with Gasteiger partial charge >= 0.3 is 0 Å². The van der Waals surface area contributed by atoms with Gasteiger partial charge in [0.1, 0.15) is 11.6 Å². The molecule has 104 valence electrons. The van der Waals surface area contributed by atoms with Crippen LogP contribution in [0.5, 0.6) is 5.75 Å². The van der Waals surface area contributed by atoms with Crippen LogP contribution in [0.3, 0.4) is 0 Å². The van der Waals surface area contributed by atoms with E-state index < -0.39 is 0 Å². The van der Waals surface area contributed by atoms with Gasteiger partial charge in [0.15, 0.2) is 0 Å². The predicted molar refractivity (Wildman–Crippen MR) is 83.1 cm³/mol. The molecule has 3 rings (SSSR count). The molecule has 0 saturated heterocycles. The number of aromatic nitrogens is 1. The van der Waals surface area contributed by atoms with Crippen molar-refractivity contribution in [3.8, 4) is 17.0 Å². The van der Waals surface area contributed by atoms with E-state index in [0.717, 1.165) is 36.6 Å². The SMILES string of the molecule is CCNc1nc(-c2ccc3c(c2)CCO3)c(Cl)cc1Cl. The topological polar surface area (TPSA) is 34.2 Å². The normalized spacial score (nSPS) is 12.9. The molecule has 1 N–H and O–H groups in total. The molecule has 1 aromatic heterocycles. The number of nitrogens with one attached hydrogen (secondary N) is 1. The molecule has 1 aromatic carbocycles. The van der Waals surface area contributed by atoms with Crippen LogP contribution in [-0.4, -0.2) is 18.1 Å². The maximum Gasteiger partial charge on any atom is 0.145 e. The Kier molecular flexibility index (Phi) is 3.72. The molecule has 5 heteroatoms. The first-order valence-corrected chi connectivity index (χ1v) is 7.30. The molecule has 1 aliphatic rings. The molecule has 0 spiro atoms. The van der Waals surface area contributed by atoms with Crippen LogP contribution in [0, 0.1) is 0 Å². The third-order valence-electron chi connectivity index (χ3n) is 3.24. The van der Waals surface area contributed by atoms with Crippen LogP contribution in [0.25, 0.3) is 11.3 Å². The Morgan fingerprint density at radius 2 is 2.10 bits per heavy atom. The molecule has 1 aliphatic heterocycles. The Bertz CT molecular complexity index is 659. The average molecular weight is 309 g/mol. The summed E-state index contributed by atoms with van der Waals surface area (Å²) in [6, 6.07) is 7.76. The highest BCUT2D eigenvalue weighted by molar-refractivity contribution is 6.37. The van der Waals surface area contributed by atoms with Crippen molar-refractivity contribution >= 4 is 29.0 Å². The standard InChI is InChI=1S/C15H14Cl2N2O/c1-2-18-15-12(17)8-11(16)14(19-15)10-3-4-13-9(7-10)5-6-20-13/h3-4,7-8H,2,5-6H2,1H3,(H,18,19). The van der Waals surface area contributed by atoms with Gasteiger partial charge in [-0.05, 0) is 36.8 Å². The van der Waals surface area contributed by atoms with Gasteiger partial charge in [-0.15, -0.1) is 0 Å². The molecule has 2 aromatic rings. The lowest BCUT2D eigenvalue weighted by atomic mass is 10.1. The molecule has 20 heavy (non-hydrogen) atoms. The monoisotopic (exact) mass is 308 g/mol. The van der Waals surface area contributed by atoms with Crippen LogP contribution >= 0.6 is 23.2 Å². The van der Waals surface area contributed by atoms with E-state index in [-0.39, 0.29) is 0 Å². The highest BCUT2D eigenvalue weighted by atomic mass is 35.5. The maximum atomic E-state index is 6.28. The fourth-order valence-electron chi connectivity index (χ4n) is 2.29. The molecular weight excluding hydrogens is 295 g/mol. The lowest BCUT2D eigenvalue weighted by Gasteiger charge is -2.11. The summed E-state index contributed by atoms with van der Waals surface area (Å²) < 4.78 is 5.51. The van der Waals surface area contributed by atoms with E-state index in [1.54, 1.807) is 6.07 Å². The summed E-state index contributed by atoms with van der Waals surface area (Å²) in [5.41, 5.74) is 2.91. The van der Waals surface area contributed by atoms with E-state index in [2.05, 4.69) is 16.4 Å². The summed E-state index contributed by atoms with van der Waals surface area (Å²) in [5.74, 6) is 1.61. The summed E-state index contributed by atoms with van der Waals surface area (Å²) in [7, 11) is 0. The Hall–Kier alpha value is -1.45. The van der Waals surface area contributed by atoms with Crippen molar-refractivity contribution in [1.29, 1.82) is 0 Å². The van der Waals surface area contributed by atoms with Crippen molar-refractivity contribution in [1.82, 2.24) is 4.98 Å². The number of nitrogens with zero attached hydrogens (tertiary/aromatic N) is 1. The van der Waals surface area contributed by atoms with Crippen molar-refractivity contribution in [2.45, 2.75) is 13.3 Å². The van der Waals surface area contributed by atoms with Crippen molar-refractivity contribution in [2.24, 2.45) is 0 Å². The zero-order valence-electron chi connectivity index (χ0n) is 11.0. The molecular formula is C15H14Cl2N2O. The van der Waals surface area contributed by atoms with Gasteiger partial charge in [0.2, 0.25) is 0 Å². The van der Waals surface area contributed by atoms with Crippen molar-refractivity contribution in [2.75, 3.05) is 18.5 Å². The van der Waals surface area contributed by atoms with Crippen LogP contribution in [0.4, 0.5) is 5.82 Å². The lowest BCUT2D eigenvalue weighted by Crippen LogP contribution is -2.01. The summed E-state index contributed by atoms with van der Waals surface area (Å²) in [6.45, 7) is 3.49. The minimum absolute atomic E-state index is 0.532. The summed E-state index contributed by atoms with van der Waals surface area (Å²) in [6.07, 6.45) is 0.925. The van der Waals surface area contributed by atoms with E-state index in [1.165, 1.54) is 5.56 Å². The molecule has 0 aliphatic carbocycles. The first kappa shape index (κ1) is 13.5. The summed E-state index contributed by atoms with van der Waals surface area (Å²) in [4.78, 5) is 4.54. The van der Waals surface area contributed by atoms with E-state index in [0.29, 0.717) is 15.9 Å². The number of halogens is 2. The highest BCUT2D eigenvalue weighted by Gasteiger charge is 2.16. The van der Waals surface area contributed by atoms with Gasteiger partial charge in [-0.3, -0.25) is 0 Å². The minimum atomic E-state index is 0.532. The Balaban J connectivity index is 2.07. The van der Waals surface area contributed by atoms with Crippen LogP contribution in [0.15, 0.2) is 24.3 Å². The maximum absolute atomic E-state index is 6.28. The van der Waals surface area contributed by atoms with Gasteiger partial charge in [-0.1, -0.05) is 23.2 Å². The average Bonchev–Trinajstić information content (AvgIpc) is 2.89. The molecule has 0 saturated carbocycles.